The van der Waals surface area contributed by atoms with E-state index in [1.165, 1.54) is 11.4 Å². The van der Waals surface area contributed by atoms with Crippen molar-refractivity contribution in [3.63, 3.8) is 0 Å². The molecule has 90 valence electrons. The van der Waals surface area contributed by atoms with Gasteiger partial charge in [-0.05, 0) is 11.4 Å². The molecule has 1 heterocycles. The lowest BCUT2D eigenvalue weighted by molar-refractivity contribution is -0.269. The van der Waals surface area contributed by atoms with Crippen LogP contribution in [0, 0.1) is 0 Å². The Morgan fingerprint density at radius 3 is 2.38 bits per heavy atom. The van der Waals surface area contributed by atoms with Crippen LogP contribution in [0.1, 0.15) is 4.88 Å². The summed E-state index contributed by atoms with van der Waals surface area (Å²) in [5.41, 5.74) is 0. The molecule has 2 nitrogen and oxygen atoms in total. The molecule has 0 aromatic carbocycles. The van der Waals surface area contributed by atoms with Crippen LogP contribution < -0.4 is 5.32 Å². The first kappa shape index (κ1) is 12.9. The van der Waals surface area contributed by atoms with E-state index in [0.717, 1.165) is 11.3 Å². The molecule has 0 aliphatic rings. The lowest BCUT2D eigenvalue weighted by Gasteiger charge is -2.18. The molecule has 0 saturated carbocycles. The van der Waals surface area contributed by atoms with E-state index >= 15 is 0 Å². The molecule has 0 fully saturated rings. The van der Waals surface area contributed by atoms with Crippen molar-refractivity contribution in [2.45, 2.75) is 18.6 Å². The number of carbonyl (C=O) groups is 1. The van der Waals surface area contributed by atoms with Crippen LogP contribution in [0.15, 0.2) is 17.5 Å². The zero-order valence-corrected chi connectivity index (χ0v) is 8.46. The van der Waals surface area contributed by atoms with Gasteiger partial charge in [-0.15, -0.1) is 11.3 Å². The molecule has 8 heteroatoms. The number of carbonyl (C=O) groups excluding carboxylic acids is 1. The fourth-order valence-corrected chi connectivity index (χ4v) is 1.46. The Morgan fingerprint density at radius 1 is 1.31 bits per heavy atom. The lowest BCUT2D eigenvalue weighted by Crippen LogP contribution is -2.50. The van der Waals surface area contributed by atoms with Crippen LogP contribution in [-0.2, 0) is 11.3 Å². The van der Waals surface area contributed by atoms with Gasteiger partial charge in [-0.3, -0.25) is 4.79 Å². The molecule has 0 atom stereocenters. The number of halogens is 5. The second-order valence-corrected chi connectivity index (χ2v) is 3.87. The topological polar surface area (TPSA) is 29.1 Å². The maximum atomic E-state index is 12.4. The smallest absolute Gasteiger partial charge is 0.346 e. The average Bonchev–Trinajstić information content (AvgIpc) is 2.64. The number of hydrogen-bond acceptors (Lipinski definition) is 2. The summed E-state index contributed by atoms with van der Waals surface area (Å²) in [4.78, 5) is 11.1. The van der Waals surface area contributed by atoms with E-state index in [-0.39, 0.29) is 6.54 Å². The molecule has 0 saturated heterocycles. The molecule has 0 bridgehead atoms. The van der Waals surface area contributed by atoms with Gasteiger partial charge in [0.1, 0.15) is 0 Å². The van der Waals surface area contributed by atoms with Gasteiger partial charge in [0.15, 0.2) is 0 Å². The third-order valence-corrected chi connectivity index (χ3v) is 2.52. The van der Waals surface area contributed by atoms with Crippen LogP contribution >= 0.6 is 11.3 Å². The third-order valence-electron chi connectivity index (χ3n) is 1.64. The second-order valence-electron chi connectivity index (χ2n) is 2.83. The van der Waals surface area contributed by atoms with Crippen molar-refractivity contribution in [3.05, 3.63) is 22.4 Å². The monoisotopic (exact) mass is 259 g/mol. The molecule has 16 heavy (non-hydrogen) atoms. The number of alkyl halides is 5. The van der Waals surface area contributed by atoms with Gasteiger partial charge in [0, 0.05) is 4.88 Å². The quantitative estimate of drug-likeness (QED) is 0.830. The summed E-state index contributed by atoms with van der Waals surface area (Å²) in [7, 11) is 0. The molecule has 1 aromatic heterocycles. The molecule has 0 aliphatic carbocycles. The molecule has 1 N–H and O–H groups in total. The van der Waals surface area contributed by atoms with E-state index in [4.69, 9.17) is 0 Å². The lowest BCUT2D eigenvalue weighted by atomic mass is 10.3. The van der Waals surface area contributed by atoms with E-state index in [2.05, 4.69) is 0 Å². The molecule has 0 aliphatic heterocycles. The number of amides is 1. The van der Waals surface area contributed by atoms with Gasteiger partial charge in [-0.2, -0.15) is 22.0 Å². The first-order chi connectivity index (χ1) is 7.25. The van der Waals surface area contributed by atoms with Gasteiger partial charge >= 0.3 is 18.0 Å². The normalized spacial score (nSPS) is 12.6. The zero-order chi connectivity index (χ0) is 12.4. The standard InChI is InChI=1S/C8H6F5NOS/c9-7(10,8(11,12)13)6(15)14-4-5-2-1-3-16-5/h1-3H,4H2,(H,14,15). The summed E-state index contributed by atoms with van der Waals surface area (Å²) in [5, 5.41) is 3.15. The Bertz CT molecular complexity index is 359. The van der Waals surface area contributed by atoms with E-state index in [1.807, 2.05) is 0 Å². The van der Waals surface area contributed by atoms with Gasteiger partial charge in [-0.25, -0.2) is 0 Å². The van der Waals surface area contributed by atoms with E-state index in [1.54, 1.807) is 11.4 Å². The zero-order valence-electron chi connectivity index (χ0n) is 7.65. The first-order valence-electron chi connectivity index (χ1n) is 4.00. The third kappa shape index (κ3) is 2.69. The number of rotatable bonds is 3. The number of thiophene rings is 1. The Balaban J connectivity index is 2.59. The fourth-order valence-electron chi connectivity index (χ4n) is 0.820. The molecule has 1 aromatic rings. The van der Waals surface area contributed by atoms with E-state index < -0.39 is 18.0 Å². The average molecular weight is 259 g/mol. The summed E-state index contributed by atoms with van der Waals surface area (Å²) in [5.74, 6) is -7.70. The Hall–Kier alpha value is -1.18. The van der Waals surface area contributed by atoms with Crippen molar-refractivity contribution >= 4 is 17.2 Å². The summed E-state index contributed by atoms with van der Waals surface area (Å²) >= 11 is 1.14. The number of hydrogen-bond donors (Lipinski definition) is 1. The highest BCUT2D eigenvalue weighted by atomic mass is 32.1. The highest BCUT2D eigenvalue weighted by Crippen LogP contribution is 2.35. The largest absolute Gasteiger partial charge is 0.463 e. The summed E-state index contributed by atoms with van der Waals surface area (Å²) in [6.07, 6.45) is -5.87. The Morgan fingerprint density at radius 2 is 1.94 bits per heavy atom. The van der Waals surface area contributed by atoms with Crippen LogP contribution in [0.2, 0.25) is 0 Å². The maximum absolute atomic E-state index is 12.4. The van der Waals surface area contributed by atoms with Crippen molar-refractivity contribution in [3.8, 4) is 0 Å². The summed E-state index contributed by atoms with van der Waals surface area (Å²) < 4.78 is 60.1. The molecular weight excluding hydrogens is 253 g/mol. The molecule has 1 rings (SSSR count). The first-order valence-corrected chi connectivity index (χ1v) is 4.88. The van der Waals surface area contributed by atoms with Crippen molar-refractivity contribution in [1.29, 1.82) is 0 Å². The van der Waals surface area contributed by atoms with Crippen LogP contribution in [-0.4, -0.2) is 18.0 Å². The van der Waals surface area contributed by atoms with Gasteiger partial charge in [0.05, 0.1) is 6.54 Å². The maximum Gasteiger partial charge on any atom is 0.463 e. The summed E-state index contributed by atoms with van der Waals surface area (Å²) in [6.45, 7) is -0.345. The molecule has 0 unspecified atom stereocenters. The van der Waals surface area contributed by atoms with Crippen LogP contribution in [0.25, 0.3) is 0 Å². The van der Waals surface area contributed by atoms with Gasteiger partial charge in [0.2, 0.25) is 0 Å². The number of nitrogens with one attached hydrogen (secondary N) is 1. The van der Waals surface area contributed by atoms with Crippen LogP contribution in [0.3, 0.4) is 0 Å². The van der Waals surface area contributed by atoms with Crippen molar-refractivity contribution < 1.29 is 26.7 Å². The van der Waals surface area contributed by atoms with Gasteiger partial charge in [-0.1, -0.05) is 6.07 Å². The summed E-state index contributed by atoms with van der Waals surface area (Å²) in [6, 6.07) is 3.10. The minimum absolute atomic E-state index is 0.345. The van der Waals surface area contributed by atoms with Crippen molar-refractivity contribution in [1.82, 2.24) is 5.32 Å². The van der Waals surface area contributed by atoms with Crippen LogP contribution in [0.5, 0.6) is 0 Å². The minimum Gasteiger partial charge on any atom is -0.346 e. The van der Waals surface area contributed by atoms with Crippen LogP contribution in [0.4, 0.5) is 22.0 Å². The highest BCUT2D eigenvalue weighted by Gasteiger charge is 2.63. The SMILES string of the molecule is O=C(NCc1cccs1)C(F)(F)C(F)(F)F. The van der Waals surface area contributed by atoms with E-state index in [0.29, 0.717) is 4.88 Å². The molecule has 1 amide bonds. The second kappa shape index (κ2) is 4.36. The predicted molar refractivity (Wildman–Crippen MR) is 47.2 cm³/mol. The fraction of sp³-hybridized carbons (Fsp3) is 0.375. The van der Waals surface area contributed by atoms with Gasteiger partial charge in [0.25, 0.3) is 0 Å². The Labute approximate surface area is 91.1 Å². The molecule has 0 radical (unpaired) electrons. The minimum atomic E-state index is -5.87. The predicted octanol–water partition coefficient (Wildman–Crippen LogP) is 2.56. The highest BCUT2D eigenvalue weighted by molar-refractivity contribution is 7.09. The van der Waals surface area contributed by atoms with Crippen molar-refractivity contribution in [2.75, 3.05) is 0 Å². The Kier molecular flexibility index (Phi) is 3.51. The van der Waals surface area contributed by atoms with Crippen molar-refractivity contribution in [2.24, 2.45) is 0 Å². The molecule has 0 spiro atoms. The van der Waals surface area contributed by atoms with E-state index in [9.17, 15) is 26.7 Å². The van der Waals surface area contributed by atoms with Gasteiger partial charge < -0.3 is 5.32 Å². The molecular formula is C8H6F5NOS.